The van der Waals surface area contributed by atoms with E-state index in [0.717, 1.165) is 10.8 Å². The predicted octanol–water partition coefficient (Wildman–Crippen LogP) is 3.93. The van der Waals surface area contributed by atoms with Crippen molar-refractivity contribution < 1.29 is 9.09 Å². The van der Waals surface area contributed by atoms with Crippen molar-refractivity contribution in [3.05, 3.63) is 0 Å². The highest BCUT2D eigenvalue weighted by Gasteiger charge is 2.14. The Morgan fingerprint density at radius 2 is 2.08 bits per heavy atom. The lowest BCUT2D eigenvalue weighted by molar-refractivity contribution is 0.350. The van der Waals surface area contributed by atoms with Gasteiger partial charge >= 0.3 is 0 Å². The largest absolute Gasteiger partial charge is 0.322 e. The zero-order valence-corrected chi connectivity index (χ0v) is 11.3. The lowest BCUT2D eigenvalue weighted by Crippen LogP contribution is -1.91. The van der Waals surface area contributed by atoms with E-state index < -0.39 is 6.57 Å². The Morgan fingerprint density at radius 1 is 1.46 bits per heavy atom. The molecular formula is C8H19O2PS2. The molecule has 0 aromatic carbocycles. The molecule has 80 valence electrons. The van der Waals surface area contributed by atoms with Crippen LogP contribution >= 0.6 is 29.7 Å². The molecule has 1 atom stereocenters. The maximum Gasteiger partial charge on any atom is 0.255 e. The molecule has 0 aliphatic rings. The Kier molecular flexibility index (Phi) is 7.71. The molecule has 0 aromatic heterocycles. The molecule has 0 aromatic rings. The standard InChI is InChI=1S/C8H19O2PS2/c1-5-10-11(4,9)13-7-12-6-8(2)3/h8H,5-7H2,1-4H3. The van der Waals surface area contributed by atoms with Crippen molar-refractivity contribution in [3.8, 4) is 0 Å². The Bertz CT molecular complexity index is 174. The van der Waals surface area contributed by atoms with Crippen molar-refractivity contribution in [2.75, 3.05) is 24.1 Å². The monoisotopic (exact) mass is 242 g/mol. The smallest absolute Gasteiger partial charge is 0.255 e. The van der Waals surface area contributed by atoms with Crippen LogP contribution in [0.1, 0.15) is 20.8 Å². The lowest BCUT2D eigenvalue weighted by atomic mass is 10.3. The van der Waals surface area contributed by atoms with Gasteiger partial charge in [0.25, 0.3) is 6.57 Å². The SMILES string of the molecule is CCOP(C)(=O)SCSCC(C)C. The molecule has 0 spiro atoms. The quantitative estimate of drug-likeness (QED) is 0.384. The summed E-state index contributed by atoms with van der Waals surface area (Å²) in [6.07, 6.45) is 0. The van der Waals surface area contributed by atoms with Gasteiger partial charge in [0, 0.05) is 11.7 Å². The summed E-state index contributed by atoms with van der Waals surface area (Å²) in [5, 5.41) is 0.867. The first kappa shape index (κ1) is 13.9. The molecule has 0 aliphatic carbocycles. The summed E-state index contributed by atoms with van der Waals surface area (Å²) in [6, 6.07) is 0. The van der Waals surface area contributed by atoms with E-state index >= 15 is 0 Å². The minimum absolute atomic E-state index is 0.537. The van der Waals surface area contributed by atoms with Crippen LogP contribution in [-0.2, 0) is 9.09 Å². The third-order valence-electron chi connectivity index (χ3n) is 1.19. The van der Waals surface area contributed by atoms with Gasteiger partial charge in [-0.15, -0.1) is 0 Å². The molecule has 13 heavy (non-hydrogen) atoms. The first-order valence-corrected chi connectivity index (χ1v) is 9.24. The van der Waals surface area contributed by atoms with Gasteiger partial charge in [-0.05, 0) is 18.6 Å². The molecule has 0 aliphatic heterocycles. The van der Waals surface area contributed by atoms with Gasteiger partial charge in [-0.25, -0.2) is 0 Å². The van der Waals surface area contributed by atoms with Crippen LogP contribution in [0.3, 0.4) is 0 Å². The van der Waals surface area contributed by atoms with Crippen molar-refractivity contribution in [2.45, 2.75) is 20.8 Å². The molecule has 0 heterocycles. The average molecular weight is 242 g/mol. The molecule has 0 N–H and O–H groups in total. The number of hydrogen-bond donors (Lipinski definition) is 0. The molecular weight excluding hydrogens is 223 g/mol. The van der Waals surface area contributed by atoms with Gasteiger partial charge in [-0.3, -0.25) is 4.57 Å². The molecule has 0 fully saturated rings. The maximum atomic E-state index is 11.6. The van der Waals surface area contributed by atoms with Gasteiger partial charge in [0.1, 0.15) is 0 Å². The second-order valence-corrected chi connectivity index (χ2v) is 9.71. The fourth-order valence-electron chi connectivity index (χ4n) is 0.689. The Hall–Kier alpha value is 0.890. The summed E-state index contributed by atoms with van der Waals surface area (Å²) in [4.78, 5) is 0. The van der Waals surface area contributed by atoms with E-state index in [1.54, 1.807) is 6.66 Å². The minimum Gasteiger partial charge on any atom is -0.322 e. The third kappa shape index (κ3) is 9.20. The van der Waals surface area contributed by atoms with E-state index in [0.29, 0.717) is 12.5 Å². The summed E-state index contributed by atoms with van der Waals surface area (Å²) in [7, 11) is 0. The van der Waals surface area contributed by atoms with Gasteiger partial charge in [-0.1, -0.05) is 25.2 Å². The number of hydrogen-bond acceptors (Lipinski definition) is 4. The van der Waals surface area contributed by atoms with Crippen LogP contribution in [0.15, 0.2) is 0 Å². The Labute approximate surface area is 89.8 Å². The molecule has 1 unspecified atom stereocenters. The minimum atomic E-state index is -2.36. The van der Waals surface area contributed by atoms with E-state index in [1.807, 2.05) is 18.7 Å². The summed E-state index contributed by atoms with van der Waals surface area (Å²) < 4.78 is 16.7. The van der Waals surface area contributed by atoms with Gasteiger partial charge in [0.05, 0.1) is 6.61 Å². The average Bonchev–Trinajstić information content (AvgIpc) is 1.98. The first-order chi connectivity index (χ1) is 5.98. The summed E-state index contributed by atoms with van der Waals surface area (Å²) in [6.45, 7) is 6.12. The van der Waals surface area contributed by atoms with Gasteiger partial charge in [0.2, 0.25) is 0 Å². The Morgan fingerprint density at radius 3 is 2.54 bits per heavy atom. The molecule has 0 amide bonds. The maximum absolute atomic E-state index is 11.6. The van der Waals surface area contributed by atoms with E-state index in [4.69, 9.17) is 4.52 Å². The highest BCUT2D eigenvalue weighted by atomic mass is 32.7. The van der Waals surface area contributed by atoms with Crippen molar-refractivity contribution in [2.24, 2.45) is 5.92 Å². The van der Waals surface area contributed by atoms with E-state index in [-0.39, 0.29) is 0 Å². The first-order valence-electron chi connectivity index (χ1n) is 4.42. The Balaban J connectivity index is 3.46. The summed E-state index contributed by atoms with van der Waals surface area (Å²) >= 11 is 3.27. The van der Waals surface area contributed by atoms with Crippen LogP contribution in [0, 0.1) is 5.92 Å². The zero-order chi connectivity index (χ0) is 10.3. The zero-order valence-electron chi connectivity index (χ0n) is 8.78. The lowest BCUT2D eigenvalue weighted by Gasteiger charge is -2.11. The van der Waals surface area contributed by atoms with Crippen molar-refractivity contribution in [3.63, 3.8) is 0 Å². The van der Waals surface area contributed by atoms with Crippen LogP contribution in [0.25, 0.3) is 0 Å². The molecule has 0 saturated carbocycles. The molecule has 0 radical (unpaired) electrons. The molecule has 0 rings (SSSR count). The van der Waals surface area contributed by atoms with Crippen LogP contribution in [0.5, 0.6) is 0 Å². The normalized spacial score (nSPS) is 16.1. The molecule has 0 saturated heterocycles. The van der Waals surface area contributed by atoms with E-state index in [9.17, 15) is 4.57 Å². The van der Waals surface area contributed by atoms with Crippen molar-refractivity contribution in [1.82, 2.24) is 0 Å². The predicted molar refractivity (Wildman–Crippen MR) is 64.9 cm³/mol. The molecule has 2 nitrogen and oxygen atoms in total. The van der Waals surface area contributed by atoms with Crippen LogP contribution in [0.4, 0.5) is 0 Å². The highest BCUT2D eigenvalue weighted by Crippen LogP contribution is 2.57. The van der Waals surface area contributed by atoms with Crippen LogP contribution in [0.2, 0.25) is 0 Å². The van der Waals surface area contributed by atoms with Crippen LogP contribution < -0.4 is 0 Å². The van der Waals surface area contributed by atoms with Crippen molar-refractivity contribution in [1.29, 1.82) is 0 Å². The fraction of sp³-hybridized carbons (Fsp3) is 1.00. The summed E-state index contributed by atoms with van der Waals surface area (Å²) in [5.41, 5.74) is 0. The third-order valence-corrected chi connectivity index (χ3v) is 7.04. The second kappa shape index (κ2) is 7.22. The number of thioether (sulfide) groups is 1. The molecule has 5 heteroatoms. The second-order valence-electron chi connectivity index (χ2n) is 3.20. The summed E-state index contributed by atoms with van der Waals surface area (Å²) in [5.74, 6) is 1.83. The van der Waals surface area contributed by atoms with E-state index in [2.05, 4.69) is 13.8 Å². The van der Waals surface area contributed by atoms with Crippen LogP contribution in [-0.4, -0.2) is 24.1 Å². The van der Waals surface area contributed by atoms with E-state index in [1.165, 1.54) is 11.4 Å². The van der Waals surface area contributed by atoms with Gasteiger partial charge in [0.15, 0.2) is 0 Å². The number of rotatable bonds is 7. The van der Waals surface area contributed by atoms with Gasteiger partial charge < -0.3 is 4.52 Å². The fourth-order valence-corrected chi connectivity index (χ4v) is 6.09. The van der Waals surface area contributed by atoms with Gasteiger partial charge in [-0.2, -0.15) is 11.8 Å². The molecule has 0 bridgehead atoms. The van der Waals surface area contributed by atoms with Crippen molar-refractivity contribution >= 4 is 29.7 Å². The highest BCUT2D eigenvalue weighted by molar-refractivity contribution is 8.58. The topological polar surface area (TPSA) is 26.3 Å².